The van der Waals surface area contributed by atoms with Gasteiger partial charge in [0.1, 0.15) is 0 Å². The molecular formula is C18H34N2. The van der Waals surface area contributed by atoms with E-state index < -0.39 is 0 Å². The van der Waals surface area contributed by atoms with Crippen molar-refractivity contribution in [1.29, 1.82) is 0 Å². The molecule has 2 heteroatoms. The second kappa shape index (κ2) is 6.79. The summed E-state index contributed by atoms with van der Waals surface area (Å²) in [7, 11) is 0. The molecule has 2 aliphatic carbocycles. The largest absolute Gasteiger partial charge is 0.308 e. The predicted molar refractivity (Wildman–Crippen MR) is 86.0 cm³/mol. The van der Waals surface area contributed by atoms with Crippen molar-refractivity contribution in [2.75, 3.05) is 19.6 Å². The van der Waals surface area contributed by atoms with Gasteiger partial charge in [-0.3, -0.25) is 4.90 Å². The van der Waals surface area contributed by atoms with Crippen LogP contribution in [0, 0.1) is 5.92 Å². The highest BCUT2D eigenvalue weighted by Crippen LogP contribution is 2.33. The van der Waals surface area contributed by atoms with Crippen LogP contribution < -0.4 is 5.32 Å². The molecule has 0 aromatic heterocycles. The third-order valence-corrected chi connectivity index (χ3v) is 6.26. The summed E-state index contributed by atoms with van der Waals surface area (Å²) in [4.78, 5) is 2.82. The van der Waals surface area contributed by atoms with E-state index in [4.69, 9.17) is 0 Å². The minimum absolute atomic E-state index is 0.483. The van der Waals surface area contributed by atoms with Crippen LogP contribution in [-0.4, -0.2) is 36.1 Å². The van der Waals surface area contributed by atoms with Crippen molar-refractivity contribution in [3.8, 4) is 0 Å². The second-order valence-electron chi connectivity index (χ2n) is 7.83. The lowest BCUT2D eigenvalue weighted by atomic mass is 9.79. The smallest absolute Gasteiger partial charge is 0.0309 e. The standard InChI is InChI=1S/C18H34N2/c1-16-14-19-18(11-6-3-7-12-18)15-20(16)13-10-17-8-4-2-5-9-17/h16-17,19H,2-15H2,1H3. The van der Waals surface area contributed by atoms with Crippen molar-refractivity contribution in [2.24, 2.45) is 5.92 Å². The number of nitrogens with zero attached hydrogens (tertiary/aromatic N) is 1. The Hall–Kier alpha value is -0.0800. The molecule has 0 aromatic carbocycles. The van der Waals surface area contributed by atoms with Gasteiger partial charge in [-0.2, -0.15) is 0 Å². The Labute approximate surface area is 125 Å². The topological polar surface area (TPSA) is 15.3 Å². The molecule has 1 spiro atoms. The quantitative estimate of drug-likeness (QED) is 0.841. The maximum Gasteiger partial charge on any atom is 0.0309 e. The van der Waals surface area contributed by atoms with Crippen molar-refractivity contribution in [2.45, 2.75) is 89.1 Å². The second-order valence-corrected chi connectivity index (χ2v) is 7.83. The van der Waals surface area contributed by atoms with Crippen molar-refractivity contribution in [3.63, 3.8) is 0 Å². The monoisotopic (exact) mass is 278 g/mol. The molecule has 1 unspecified atom stereocenters. The van der Waals surface area contributed by atoms with Gasteiger partial charge in [0.2, 0.25) is 0 Å². The Balaban J connectivity index is 1.51. The van der Waals surface area contributed by atoms with Crippen LogP contribution in [-0.2, 0) is 0 Å². The summed E-state index contributed by atoms with van der Waals surface area (Å²) < 4.78 is 0. The Morgan fingerprint density at radius 1 is 1.00 bits per heavy atom. The first-order valence-electron chi connectivity index (χ1n) is 9.27. The van der Waals surface area contributed by atoms with Gasteiger partial charge >= 0.3 is 0 Å². The molecule has 20 heavy (non-hydrogen) atoms. The summed E-state index contributed by atoms with van der Waals surface area (Å²) in [6.45, 7) is 6.31. The number of rotatable bonds is 3. The Morgan fingerprint density at radius 2 is 1.70 bits per heavy atom. The average molecular weight is 278 g/mol. The summed E-state index contributed by atoms with van der Waals surface area (Å²) >= 11 is 0. The maximum absolute atomic E-state index is 3.91. The van der Waals surface area contributed by atoms with E-state index in [9.17, 15) is 0 Å². The fourth-order valence-electron chi connectivity index (χ4n) is 4.78. The fraction of sp³-hybridized carbons (Fsp3) is 1.00. The van der Waals surface area contributed by atoms with Crippen LogP contribution in [0.25, 0.3) is 0 Å². The zero-order valence-corrected chi connectivity index (χ0v) is 13.5. The molecular weight excluding hydrogens is 244 g/mol. The lowest BCUT2D eigenvalue weighted by Gasteiger charge is -2.49. The lowest BCUT2D eigenvalue weighted by Crippen LogP contribution is -2.64. The molecule has 1 aliphatic heterocycles. The molecule has 2 nitrogen and oxygen atoms in total. The van der Waals surface area contributed by atoms with Crippen molar-refractivity contribution in [1.82, 2.24) is 10.2 Å². The first-order valence-corrected chi connectivity index (χ1v) is 9.27. The lowest BCUT2D eigenvalue weighted by molar-refractivity contribution is 0.0571. The van der Waals surface area contributed by atoms with E-state index in [0.29, 0.717) is 5.54 Å². The highest BCUT2D eigenvalue weighted by molar-refractivity contribution is 4.98. The molecule has 2 saturated carbocycles. The molecule has 1 N–H and O–H groups in total. The Bertz CT molecular complexity index is 290. The van der Waals surface area contributed by atoms with Gasteiger partial charge < -0.3 is 5.32 Å². The molecule has 0 bridgehead atoms. The van der Waals surface area contributed by atoms with E-state index in [0.717, 1.165) is 12.0 Å². The fourth-order valence-corrected chi connectivity index (χ4v) is 4.78. The van der Waals surface area contributed by atoms with Crippen LogP contribution in [0.15, 0.2) is 0 Å². The zero-order chi connectivity index (χ0) is 13.8. The van der Waals surface area contributed by atoms with Crippen LogP contribution in [0.3, 0.4) is 0 Å². The van der Waals surface area contributed by atoms with Crippen LogP contribution in [0.1, 0.15) is 77.6 Å². The SMILES string of the molecule is CC1CNC2(CCCCC2)CN1CCC1CCCCC1. The van der Waals surface area contributed by atoms with Gasteiger partial charge in [-0.05, 0) is 38.6 Å². The van der Waals surface area contributed by atoms with Gasteiger partial charge in [-0.25, -0.2) is 0 Å². The van der Waals surface area contributed by atoms with Gasteiger partial charge in [-0.1, -0.05) is 51.4 Å². The van der Waals surface area contributed by atoms with Crippen molar-refractivity contribution >= 4 is 0 Å². The van der Waals surface area contributed by atoms with E-state index in [2.05, 4.69) is 17.1 Å². The van der Waals surface area contributed by atoms with Crippen LogP contribution in [0.2, 0.25) is 0 Å². The highest BCUT2D eigenvalue weighted by Gasteiger charge is 2.38. The number of hydrogen-bond donors (Lipinski definition) is 1. The maximum atomic E-state index is 3.91. The third-order valence-electron chi connectivity index (χ3n) is 6.26. The molecule has 3 rings (SSSR count). The van der Waals surface area contributed by atoms with Gasteiger partial charge in [0.25, 0.3) is 0 Å². The molecule has 3 aliphatic rings. The van der Waals surface area contributed by atoms with E-state index in [-0.39, 0.29) is 0 Å². The van der Waals surface area contributed by atoms with Gasteiger partial charge in [0.15, 0.2) is 0 Å². The van der Waals surface area contributed by atoms with Crippen LogP contribution >= 0.6 is 0 Å². The summed E-state index contributed by atoms with van der Waals surface area (Å²) in [5.41, 5.74) is 0.483. The summed E-state index contributed by atoms with van der Waals surface area (Å²) in [6.07, 6.45) is 16.1. The molecule has 0 amide bonds. The van der Waals surface area contributed by atoms with Crippen LogP contribution in [0.5, 0.6) is 0 Å². The van der Waals surface area contributed by atoms with Crippen molar-refractivity contribution in [3.05, 3.63) is 0 Å². The molecule has 1 heterocycles. The van der Waals surface area contributed by atoms with Crippen molar-refractivity contribution < 1.29 is 0 Å². The number of piperazine rings is 1. The minimum Gasteiger partial charge on any atom is -0.308 e. The first-order chi connectivity index (χ1) is 9.77. The van der Waals surface area contributed by atoms with E-state index in [1.165, 1.54) is 90.3 Å². The minimum atomic E-state index is 0.483. The van der Waals surface area contributed by atoms with E-state index in [1.54, 1.807) is 0 Å². The first kappa shape index (κ1) is 14.8. The molecule has 116 valence electrons. The Kier molecular flexibility index (Phi) is 5.04. The Morgan fingerprint density at radius 3 is 2.45 bits per heavy atom. The van der Waals surface area contributed by atoms with Gasteiger partial charge in [0, 0.05) is 24.7 Å². The average Bonchev–Trinajstić information content (AvgIpc) is 2.50. The normalized spacial score (nSPS) is 32.5. The van der Waals surface area contributed by atoms with Gasteiger partial charge in [-0.15, -0.1) is 0 Å². The van der Waals surface area contributed by atoms with E-state index in [1.807, 2.05) is 0 Å². The molecule has 0 radical (unpaired) electrons. The zero-order valence-electron chi connectivity index (χ0n) is 13.5. The summed E-state index contributed by atoms with van der Waals surface area (Å²) in [6, 6.07) is 0.742. The highest BCUT2D eigenvalue weighted by atomic mass is 15.2. The van der Waals surface area contributed by atoms with E-state index >= 15 is 0 Å². The third kappa shape index (κ3) is 3.57. The predicted octanol–water partition coefficient (Wildman–Crippen LogP) is 3.95. The summed E-state index contributed by atoms with van der Waals surface area (Å²) in [5, 5.41) is 3.91. The van der Waals surface area contributed by atoms with Crippen LogP contribution in [0.4, 0.5) is 0 Å². The molecule has 3 fully saturated rings. The molecule has 1 atom stereocenters. The molecule has 1 saturated heterocycles. The summed E-state index contributed by atoms with van der Waals surface area (Å²) in [5.74, 6) is 1.04. The van der Waals surface area contributed by atoms with Gasteiger partial charge in [0.05, 0.1) is 0 Å². The molecule has 0 aromatic rings. The number of hydrogen-bond acceptors (Lipinski definition) is 2. The number of nitrogens with one attached hydrogen (secondary N) is 1.